The van der Waals surface area contributed by atoms with E-state index in [9.17, 15) is 4.79 Å². The van der Waals surface area contributed by atoms with E-state index in [1.807, 2.05) is 64.1 Å². The van der Waals surface area contributed by atoms with Crippen LogP contribution in [-0.4, -0.2) is 25.8 Å². The highest BCUT2D eigenvalue weighted by molar-refractivity contribution is 5.66. The van der Waals surface area contributed by atoms with Crippen molar-refractivity contribution >= 4 is 11.9 Å². The number of aldehydes is 1. The molecule has 3 heteroatoms. The summed E-state index contributed by atoms with van der Waals surface area (Å²) in [5.41, 5.74) is 2.34. The summed E-state index contributed by atoms with van der Waals surface area (Å²) < 4.78 is 10.1. The van der Waals surface area contributed by atoms with E-state index in [0.717, 1.165) is 25.1 Å². The fourth-order valence-electron chi connectivity index (χ4n) is 1.56. The van der Waals surface area contributed by atoms with Crippen LogP contribution in [0.3, 0.4) is 0 Å². The third-order valence-corrected chi connectivity index (χ3v) is 2.55. The van der Waals surface area contributed by atoms with Gasteiger partial charge in [-0.3, -0.25) is 0 Å². The highest BCUT2D eigenvalue weighted by Crippen LogP contribution is 2.12. The van der Waals surface area contributed by atoms with Gasteiger partial charge in [-0.15, -0.1) is 13.2 Å². The van der Waals surface area contributed by atoms with Gasteiger partial charge in [-0.2, -0.15) is 0 Å². The van der Waals surface area contributed by atoms with Crippen LogP contribution in [0.2, 0.25) is 0 Å². The van der Waals surface area contributed by atoms with Crippen molar-refractivity contribution in [2.45, 2.75) is 40.4 Å². The Labute approximate surface area is 135 Å². The lowest BCUT2D eigenvalue weighted by molar-refractivity contribution is -0.123. The Hall–Kier alpha value is -1.71. The molecule has 0 fully saturated rings. The maximum absolute atomic E-state index is 10.1. The SMILES string of the molecule is C/C(=C/CC=O)c1ccccc1.C=C.CCOC(C)OCC. The molecule has 1 aromatic carbocycles. The van der Waals surface area contributed by atoms with Gasteiger partial charge in [0.15, 0.2) is 6.29 Å². The Morgan fingerprint density at radius 2 is 1.64 bits per heavy atom. The molecule has 0 spiro atoms. The number of benzene rings is 1. The zero-order valence-corrected chi connectivity index (χ0v) is 14.4. The molecule has 0 aliphatic carbocycles. The lowest BCUT2D eigenvalue weighted by Gasteiger charge is -2.09. The third-order valence-electron chi connectivity index (χ3n) is 2.55. The molecule has 0 bridgehead atoms. The second-order valence-corrected chi connectivity index (χ2v) is 4.13. The molecule has 3 nitrogen and oxygen atoms in total. The predicted octanol–water partition coefficient (Wildman–Crippen LogP) is 4.89. The topological polar surface area (TPSA) is 35.5 Å². The van der Waals surface area contributed by atoms with Gasteiger partial charge >= 0.3 is 0 Å². The highest BCUT2D eigenvalue weighted by atomic mass is 16.7. The second-order valence-electron chi connectivity index (χ2n) is 4.13. The number of carbonyl (C=O) groups excluding carboxylic acids is 1. The smallest absolute Gasteiger partial charge is 0.154 e. The number of rotatable bonds is 7. The lowest BCUT2D eigenvalue weighted by Crippen LogP contribution is -2.11. The van der Waals surface area contributed by atoms with Crippen molar-refractivity contribution < 1.29 is 14.3 Å². The molecule has 0 aromatic heterocycles. The Kier molecular flexibility index (Phi) is 17.8. The van der Waals surface area contributed by atoms with Crippen molar-refractivity contribution in [2.75, 3.05) is 13.2 Å². The van der Waals surface area contributed by atoms with E-state index in [1.54, 1.807) is 0 Å². The standard InChI is InChI=1S/C11H12O.C6H14O2.C2H4/c1-10(6-5-9-12)11-7-3-2-4-8-11;1-4-7-6(3)8-5-2;1-2/h2-4,6-9H,5H2,1H3;6H,4-5H2,1-3H3;1-2H2/b10-6-;;. The first-order valence-corrected chi connectivity index (χ1v) is 7.54. The van der Waals surface area contributed by atoms with Crippen molar-refractivity contribution in [1.29, 1.82) is 0 Å². The van der Waals surface area contributed by atoms with Gasteiger partial charge in [-0.05, 0) is 38.8 Å². The summed E-state index contributed by atoms with van der Waals surface area (Å²) in [6.07, 6.45) is 3.31. The molecule has 0 amide bonds. The molecule has 0 unspecified atom stereocenters. The fraction of sp³-hybridized carbons (Fsp3) is 0.421. The summed E-state index contributed by atoms with van der Waals surface area (Å²) in [6.45, 7) is 15.3. The molecule has 0 saturated carbocycles. The average molecular weight is 306 g/mol. The number of carbonyl (C=O) groups is 1. The van der Waals surface area contributed by atoms with Gasteiger partial charge in [0.05, 0.1) is 0 Å². The zero-order chi connectivity index (χ0) is 17.2. The summed E-state index contributed by atoms with van der Waals surface area (Å²) in [5, 5.41) is 0. The fourth-order valence-corrected chi connectivity index (χ4v) is 1.56. The lowest BCUT2D eigenvalue weighted by atomic mass is 10.1. The van der Waals surface area contributed by atoms with E-state index in [0.29, 0.717) is 6.42 Å². The van der Waals surface area contributed by atoms with Crippen LogP contribution in [0.25, 0.3) is 5.57 Å². The molecule has 124 valence electrons. The molecule has 1 rings (SSSR count). The van der Waals surface area contributed by atoms with Crippen molar-refractivity contribution in [2.24, 2.45) is 0 Å². The van der Waals surface area contributed by atoms with Crippen LogP contribution in [0, 0.1) is 0 Å². The van der Waals surface area contributed by atoms with Gasteiger partial charge in [-0.1, -0.05) is 36.4 Å². The second kappa shape index (κ2) is 17.3. The molecular weight excluding hydrogens is 276 g/mol. The summed E-state index contributed by atoms with van der Waals surface area (Å²) >= 11 is 0. The molecule has 0 saturated heterocycles. The average Bonchev–Trinajstić information content (AvgIpc) is 2.56. The number of ether oxygens (including phenoxy) is 2. The first-order chi connectivity index (χ1) is 10.7. The van der Waals surface area contributed by atoms with E-state index >= 15 is 0 Å². The molecule has 0 heterocycles. The molecule has 0 aliphatic rings. The quantitative estimate of drug-likeness (QED) is 0.409. The normalized spacial score (nSPS) is 10.1. The molecular formula is C19H30O3. The Balaban J connectivity index is 0. The van der Waals surface area contributed by atoms with E-state index in [-0.39, 0.29) is 6.29 Å². The molecule has 22 heavy (non-hydrogen) atoms. The Morgan fingerprint density at radius 1 is 1.14 bits per heavy atom. The summed E-state index contributed by atoms with van der Waals surface area (Å²) in [5.74, 6) is 0. The molecule has 0 aliphatic heterocycles. The van der Waals surface area contributed by atoms with Crippen molar-refractivity contribution in [3.05, 3.63) is 55.1 Å². The Morgan fingerprint density at radius 3 is 2.05 bits per heavy atom. The summed E-state index contributed by atoms with van der Waals surface area (Å²) in [7, 11) is 0. The van der Waals surface area contributed by atoms with Crippen LogP contribution >= 0.6 is 0 Å². The number of allylic oxidation sites excluding steroid dienone is 2. The van der Waals surface area contributed by atoms with Gasteiger partial charge in [-0.25, -0.2) is 0 Å². The van der Waals surface area contributed by atoms with Gasteiger partial charge in [0.1, 0.15) is 6.29 Å². The summed E-state index contributed by atoms with van der Waals surface area (Å²) in [4.78, 5) is 10.1. The van der Waals surface area contributed by atoms with Gasteiger partial charge in [0.2, 0.25) is 0 Å². The maximum Gasteiger partial charge on any atom is 0.154 e. The largest absolute Gasteiger partial charge is 0.353 e. The number of hydrogen-bond donors (Lipinski definition) is 0. The van der Waals surface area contributed by atoms with Crippen LogP contribution in [-0.2, 0) is 14.3 Å². The van der Waals surface area contributed by atoms with Crippen molar-refractivity contribution in [3.63, 3.8) is 0 Å². The van der Waals surface area contributed by atoms with E-state index in [2.05, 4.69) is 13.2 Å². The Bertz CT molecular complexity index is 379. The van der Waals surface area contributed by atoms with Gasteiger partial charge in [0.25, 0.3) is 0 Å². The van der Waals surface area contributed by atoms with Crippen LogP contribution in [0.5, 0.6) is 0 Å². The minimum atomic E-state index is -0.0370. The van der Waals surface area contributed by atoms with Gasteiger partial charge < -0.3 is 14.3 Å². The minimum Gasteiger partial charge on any atom is -0.353 e. The van der Waals surface area contributed by atoms with E-state index in [4.69, 9.17) is 9.47 Å². The molecule has 1 aromatic rings. The molecule has 0 atom stereocenters. The first-order valence-electron chi connectivity index (χ1n) is 7.54. The van der Waals surface area contributed by atoms with Crippen LogP contribution in [0.1, 0.15) is 39.7 Å². The third kappa shape index (κ3) is 13.3. The van der Waals surface area contributed by atoms with Crippen LogP contribution in [0.4, 0.5) is 0 Å². The zero-order valence-electron chi connectivity index (χ0n) is 14.4. The van der Waals surface area contributed by atoms with Crippen LogP contribution in [0.15, 0.2) is 49.6 Å². The summed E-state index contributed by atoms with van der Waals surface area (Å²) in [6, 6.07) is 10.0. The van der Waals surface area contributed by atoms with Crippen LogP contribution < -0.4 is 0 Å². The molecule has 0 N–H and O–H groups in total. The highest BCUT2D eigenvalue weighted by Gasteiger charge is 1.94. The maximum atomic E-state index is 10.1. The number of hydrogen-bond acceptors (Lipinski definition) is 3. The van der Waals surface area contributed by atoms with Gasteiger partial charge in [0, 0.05) is 19.6 Å². The first kappa shape index (κ1) is 22.6. The van der Waals surface area contributed by atoms with Crippen molar-refractivity contribution in [3.8, 4) is 0 Å². The van der Waals surface area contributed by atoms with E-state index < -0.39 is 0 Å². The monoisotopic (exact) mass is 306 g/mol. The predicted molar refractivity (Wildman–Crippen MR) is 94.7 cm³/mol. The van der Waals surface area contributed by atoms with Crippen molar-refractivity contribution in [1.82, 2.24) is 0 Å². The van der Waals surface area contributed by atoms with E-state index in [1.165, 1.54) is 5.56 Å². The molecule has 0 radical (unpaired) electrons. The minimum absolute atomic E-state index is 0.0370.